The van der Waals surface area contributed by atoms with E-state index in [2.05, 4.69) is 16.9 Å². The molecule has 1 aliphatic carbocycles. The van der Waals surface area contributed by atoms with Crippen molar-refractivity contribution in [1.82, 2.24) is 9.97 Å². The van der Waals surface area contributed by atoms with Crippen LogP contribution in [0.25, 0.3) is 10.2 Å². The number of nitrogens with two attached hydrogens (primary N) is 1. The summed E-state index contributed by atoms with van der Waals surface area (Å²) < 4.78 is 0. The number of fused-ring (bicyclic) bond motifs is 3. The first-order chi connectivity index (χ1) is 8.29. The van der Waals surface area contributed by atoms with Crippen LogP contribution in [0.1, 0.15) is 30.2 Å². The van der Waals surface area contributed by atoms with Crippen molar-refractivity contribution in [2.75, 3.05) is 11.5 Å². The molecule has 0 fully saturated rings. The first kappa shape index (κ1) is 11.3. The van der Waals surface area contributed by atoms with Crippen LogP contribution in [0.5, 0.6) is 0 Å². The van der Waals surface area contributed by atoms with Gasteiger partial charge in [-0.25, -0.2) is 9.97 Å². The number of nitrogens with zero attached hydrogens (tertiary/aromatic N) is 2. The molecule has 2 aromatic rings. The van der Waals surface area contributed by atoms with Crippen LogP contribution < -0.4 is 5.73 Å². The van der Waals surface area contributed by atoms with E-state index in [0.717, 1.165) is 34.0 Å². The van der Waals surface area contributed by atoms with Gasteiger partial charge in [-0.05, 0) is 31.2 Å². The van der Waals surface area contributed by atoms with Crippen LogP contribution in [0, 0.1) is 0 Å². The minimum Gasteiger partial charge on any atom is -0.383 e. The Kier molecular flexibility index (Phi) is 2.96. The van der Waals surface area contributed by atoms with Crippen LogP contribution in [-0.4, -0.2) is 15.7 Å². The van der Waals surface area contributed by atoms with Gasteiger partial charge in [0, 0.05) is 10.6 Å². The summed E-state index contributed by atoms with van der Waals surface area (Å²) in [6.45, 7) is 2.16. The van der Waals surface area contributed by atoms with Gasteiger partial charge in [0.15, 0.2) is 5.16 Å². The van der Waals surface area contributed by atoms with E-state index in [0.29, 0.717) is 5.82 Å². The van der Waals surface area contributed by atoms with Gasteiger partial charge in [0.25, 0.3) is 0 Å². The highest BCUT2D eigenvalue weighted by Gasteiger charge is 2.21. The first-order valence-electron chi connectivity index (χ1n) is 6.00. The van der Waals surface area contributed by atoms with Crippen molar-refractivity contribution in [2.45, 2.75) is 37.8 Å². The second-order valence-corrected chi connectivity index (χ2v) is 6.42. The molecule has 0 saturated carbocycles. The third-order valence-electron chi connectivity index (χ3n) is 3.01. The van der Waals surface area contributed by atoms with Crippen molar-refractivity contribution in [2.24, 2.45) is 0 Å². The average Bonchev–Trinajstić information content (AvgIpc) is 2.85. The minimum absolute atomic E-state index is 0.674. The van der Waals surface area contributed by atoms with Crippen molar-refractivity contribution >= 4 is 39.1 Å². The summed E-state index contributed by atoms with van der Waals surface area (Å²) in [5, 5.41) is 1.96. The smallest absolute Gasteiger partial charge is 0.190 e. The number of aryl methyl sites for hydroxylation is 2. The van der Waals surface area contributed by atoms with Gasteiger partial charge < -0.3 is 5.73 Å². The molecule has 0 aromatic carbocycles. The molecule has 2 N–H and O–H groups in total. The summed E-state index contributed by atoms with van der Waals surface area (Å²) in [7, 11) is 0. The summed E-state index contributed by atoms with van der Waals surface area (Å²) >= 11 is 3.50. The van der Waals surface area contributed by atoms with Crippen LogP contribution >= 0.6 is 23.1 Å². The summed E-state index contributed by atoms with van der Waals surface area (Å²) in [4.78, 5) is 11.6. The molecule has 3 rings (SSSR count). The minimum atomic E-state index is 0.674. The van der Waals surface area contributed by atoms with Gasteiger partial charge in [0.2, 0.25) is 0 Å². The Balaban J connectivity index is 2.08. The number of nitrogen functional groups attached to an aromatic ring is 1. The van der Waals surface area contributed by atoms with Crippen molar-refractivity contribution in [3.63, 3.8) is 0 Å². The van der Waals surface area contributed by atoms with Crippen LogP contribution in [0.4, 0.5) is 5.82 Å². The number of hydrogen-bond donors (Lipinski definition) is 1. The Hall–Kier alpha value is -0.810. The highest BCUT2D eigenvalue weighted by molar-refractivity contribution is 7.99. The molecule has 0 radical (unpaired) electrons. The molecule has 3 nitrogen and oxygen atoms in total. The fraction of sp³-hybridized carbons (Fsp3) is 0.500. The highest BCUT2D eigenvalue weighted by Crippen LogP contribution is 2.39. The van der Waals surface area contributed by atoms with Crippen LogP contribution in [0.15, 0.2) is 5.16 Å². The lowest BCUT2D eigenvalue weighted by Gasteiger charge is -2.02. The lowest BCUT2D eigenvalue weighted by atomic mass is 10.2. The van der Waals surface area contributed by atoms with Gasteiger partial charge in [-0.3, -0.25) is 0 Å². The summed E-state index contributed by atoms with van der Waals surface area (Å²) in [6.07, 6.45) is 4.72. The second kappa shape index (κ2) is 4.46. The van der Waals surface area contributed by atoms with Gasteiger partial charge >= 0.3 is 0 Å². The van der Waals surface area contributed by atoms with Crippen molar-refractivity contribution in [3.8, 4) is 0 Å². The number of anilines is 1. The predicted octanol–water partition coefficient (Wildman–Crippen LogP) is 3.26. The number of aromatic nitrogens is 2. The number of rotatable bonds is 3. The monoisotopic (exact) mass is 265 g/mol. The maximum Gasteiger partial charge on any atom is 0.190 e. The van der Waals surface area contributed by atoms with Gasteiger partial charge in [0.1, 0.15) is 10.6 Å². The summed E-state index contributed by atoms with van der Waals surface area (Å²) in [6, 6.07) is 0. The fourth-order valence-electron chi connectivity index (χ4n) is 2.26. The lowest BCUT2D eigenvalue weighted by Crippen LogP contribution is -1.96. The topological polar surface area (TPSA) is 51.8 Å². The van der Waals surface area contributed by atoms with E-state index in [-0.39, 0.29) is 0 Å². The quantitative estimate of drug-likeness (QED) is 0.683. The van der Waals surface area contributed by atoms with Crippen molar-refractivity contribution in [1.29, 1.82) is 0 Å². The fourth-order valence-corrected chi connectivity index (χ4v) is 4.29. The SMILES string of the molecule is CCCSc1nc(N)c2c3c(sc2n1)CCC3. The molecular formula is C12H15N3S2. The third kappa shape index (κ3) is 1.91. The van der Waals surface area contributed by atoms with E-state index in [4.69, 9.17) is 5.73 Å². The van der Waals surface area contributed by atoms with E-state index >= 15 is 0 Å². The molecular weight excluding hydrogens is 250 g/mol. The van der Waals surface area contributed by atoms with Gasteiger partial charge in [-0.2, -0.15) is 0 Å². The van der Waals surface area contributed by atoms with Gasteiger partial charge in [-0.15, -0.1) is 11.3 Å². The average molecular weight is 265 g/mol. The van der Waals surface area contributed by atoms with E-state index in [1.807, 2.05) is 0 Å². The van der Waals surface area contributed by atoms with Crippen LogP contribution in [0.3, 0.4) is 0 Å². The van der Waals surface area contributed by atoms with E-state index < -0.39 is 0 Å². The molecule has 0 aliphatic heterocycles. The molecule has 0 saturated heterocycles. The maximum absolute atomic E-state index is 6.09. The molecule has 0 spiro atoms. The maximum atomic E-state index is 6.09. The zero-order valence-corrected chi connectivity index (χ0v) is 11.5. The van der Waals surface area contributed by atoms with Crippen LogP contribution in [-0.2, 0) is 12.8 Å². The Labute approximate surface area is 109 Å². The molecule has 0 amide bonds. The number of thioether (sulfide) groups is 1. The second-order valence-electron chi connectivity index (χ2n) is 4.28. The molecule has 0 bridgehead atoms. The standard InChI is InChI=1S/C12H15N3S2/c1-2-6-16-12-14-10(13)9-7-4-3-5-8(7)17-11(9)15-12/h2-6H2,1H3,(H2,13,14,15). The first-order valence-corrected chi connectivity index (χ1v) is 7.80. The highest BCUT2D eigenvalue weighted by atomic mass is 32.2. The Morgan fingerprint density at radius 3 is 3.06 bits per heavy atom. The lowest BCUT2D eigenvalue weighted by molar-refractivity contribution is 0.916. The largest absolute Gasteiger partial charge is 0.383 e. The normalized spacial score (nSPS) is 14.4. The Morgan fingerprint density at radius 1 is 1.35 bits per heavy atom. The molecule has 0 unspecified atom stereocenters. The Bertz CT molecular complexity index is 562. The number of thiophene rings is 1. The van der Waals surface area contributed by atoms with Gasteiger partial charge in [-0.1, -0.05) is 18.7 Å². The van der Waals surface area contributed by atoms with Crippen molar-refractivity contribution in [3.05, 3.63) is 10.4 Å². The molecule has 90 valence electrons. The van der Waals surface area contributed by atoms with Crippen LogP contribution in [0.2, 0.25) is 0 Å². The zero-order chi connectivity index (χ0) is 11.8. The summed E-state index contributed by atoms with van der Waals surface area (Å²) in [5.41, 5.74) is 7.50. The van der Waals surface area contributed by atoms with E-state index in [1.165, 1.54) is 23.3 Å². The molecule has 0 atom stereocenters. The molecule has 1 aliphatic rings. The van der Waals surface area contributed by atoms with Gasteiger partial charge in [0.05, 0.1) is 5.39 Å². The molecule has 5 heteroatoms. The van der Waals surface area contributed by atoms with Crippen molar-refractivity contribution < 1.29 is 0 Å². The van der Waals surface area contributed by atoms with E-state index in [1.54, 1.807) is 23.1 Å². The molecule has 2 heterocycles. The number of hydrogen-bond acceptors (Lipinski definition) is 5. The van der Waals surface area contributed by atoms with E-state index in [9.17, 15) is 0 Å². The zero-order valence-electron chi connectivity index (χ0n) is 9.82. The molecule has 2 aromatic heterocycles. The summed E-state index contributed by atoms with van der Waals surface area (Å²) in [5.74, 6) is 1.73. The Morgan fingerprint density at radius 2 is 2.24 bits per heavy atom. The predicted molar refractivity (Wildman–Crippen MR) is 74.9 cm³/mol. The molecule has 17 heavy (non-hydrogen) atoms. The third-order valence-corrected chi connectivity index (χ3v) is 5.25.